The van der Waals surface area contributed by atoms with E-state index >= 15 is 0 Å². The van der Waals surface area contributed by atoms with E-state index in [1.54, 1.807) is 7.11 Å². The molecule has 1 unspecified atom stereocenters. The predicted molar refractivity (Wildman–Crippen MR) is 53.7 cm³/mol. The number of hydrogen-bond acceptors (Lipinski definition) is 5. The number of rotatable bonds is 10. The normalized spacial score (nSPS) is 12.7. The van der Waals surface area contributed by atoms with Gasteiger partial charge < -0.3 is 25.1 Å². The van der Waals surface area contributed by atoms with Gasteiger partial charge in [0.25, 0.3) is 0 Å². The van der Waals surface area contributed by atoms with Gasteiger partial charge in [0.05, 0.1) is 19.8 Å². The minimum atomic E-state index is -1.06. The van der Waals surface area contributed by atoms with Gasteiger partial charge in [-0.15, -0.1) is 0 Å². The maximum atomic E-state index is 10.3. The van der Waals surface area contributed by atoms with Crippen LogP contribution in [0.4, 0.5) is 0 Å². The van der Waals surface area contributed by atoms with Crippen molar-refractivity contribution in [3.05, 3.63) is 0 Å². The van der Waals surface area contributed by atoms with Gasteiger partial charge in [-0.05, 0) is 6.42 Å². The largest absolute Gasteiger partial charge is 0.480 e. The highest BCUT2D eigenvalue weighted by Crippen LogP contribution is 1.86. The molecule has 15 heavy (non-hydrogen) atoms. The summed E-state index contributed by atoms with van der Waals surface area (Å²) in [4.78, 5) is 10.3. The lowest BCUT2D eigenvalue weighted by molar-refractivity contribution is -0.140. The number of aliphatic carboxylic acids is 1. The first kappa shape index (κ1) is 14.3. The Morgan fingerprint density at radius 1 is 1.27 bits per heavy atom. The lowest BCUT2D eigenvalue weighted by atomic mass is 10.3. The van der Waals surface area contributed by atoms with Crippen LogP contribution in [-0.4, -0.2) is 57.3 Å². The lowest BCUT2D eigenvalue weighted by Crippen LogP contribution is -2.35. The van der Waals surface area contributed by atoms with Gasteiger partial charge in [0, 0.05) is 20.3 Å². The molecular formula is C9H19NO5. The van der Waals surface area contributed by atoms with E-state index < -0.39 is 12.0 Å². The summed E-state index contributed by atoms with van der Waals surface area (Å²) < 4.78 is 15.0. The minimum absolute atomic E-state index is 0.0107. The highest BCUT2D eigenvalue weighted by molar-refractivity contribution is 5.73. The van der Waals surface area contributed by atoms with Crippen molar-refractivity contribution in [1.29, 1.82) is 0 Å². The summed E-state index contributed by atoms with van der Waals surface area (Å²) in [5, 5.41) is 8.43. The quantitative estimate of drug-likeness (QED) is 0.482. The Balaban J connectivity index is 3.08. The van der Waals surface area contributed by atoms with Crippen LogP contribution in [0.3, 0.4) is 0 Å². The van der Waals surface area contributed by atoms with Crippen LogP contribution in [0.1, 0.15) is 6.42 Å². The average molecular weight is 221 g/mol. The van der Waals surface area contributed by atoms with Crippen molar-refractivity contribution in [2.24, 2.45) is 5.73 Å². The third-order valence-electron chi connectivity index (χ3n) is 1.62. The molecule has 0 aliphatic carbocycles. The number of nitrogens with two attached hydrogens (primary N) is 1. The van der Waals surface area contributed by atoms with Gasteiger partial charge in [0.1, 0.15) is 6.04 Å². The second-order valence-corrected chi connectivity index (χ2v) is 2.98. The first-order valence-electron chi connectivity index (χ1n) is 4.81. The lowest BCUT2D eigenvalue weighted by Gasteiger charge is -2.08. The van der Waals surface area contributed by atoms with Crippen LogP contribution in [0.15, 0.2) is 0 Å². The molecule has 0 rings (SSSR count). The second-order valence-electron chi connectivity index (χ2n) is 2.98. The van der Waals surface area contributed by atoms with Crippen molar-refractivity contribution < 1.29 is 24.1 Å². The second kappa shape index (κ2) is 9.85. The van der Waals surface area contributed by atoms with Crippen LogP contribution in [0.5, 0.6) is 0 Å². The smallest absolute Gasteiger partial charge is 0.322 e. The van der Waals surface area contributed by atoms with Gasteiger partial charge >= 0.3 is 5.97 Å². The molecule has 6 nitrogen and oxygen atoms in total. The molecule has 0 amide bonds. The van der Waals surface area contributed by atoms with Gasteiger partial charge in [-0.3, -0.25) is 4.79 Å². The molecule has 0 radical (unpaired) electrons. The van der Waals surface area contributed by atoms with Crippen molar-refractivity contribution in [2.45, 2.75) is 12.5 Å². The molecule has 6 heteroatoms. The molecule has 0 saturated heterocycles. The number of methoxy groups -OCH3 is 1. The van der Waals surface area contributed by atoms with E-state index in [-0.39, 0.29) is 6.61 Å². The van der Waals surface area contributed by atoms with Gasteiger partial charge in [0.2, 0.25) is 0 Å². The van der Waals surface area contributed by atoms with Crippen LogP contribution in [0, 0.1) is 0 Å². The van der Waals surface area contributed by atoms with Gasteiger partial charge in [-0.1, -0.05) is 0 Å². The van der Waals surface area contributed by atoms with Crippen LogP contribution in [-0.2, 0) is 19.0 Å². The molecule has 0 heterocycles. The predicted octanol–water partition coefficient (Wildman–Crippen LogP) is -0.532. The molecule has 0 aliphatic heterocycles. The number of carbonyl (C=O) groups is 1. The summed E-state index contributed by atoms with van der Waals surface area (Å²) in [7, 11) is 1.64. The fraction of sp³-hybridized carbons (Fsp3) is 0.889. The van der Waals surface area contributed by atoms with E-state index in [4.69, 9.17) is 25.1 Å². The number of carboxylic acids is 1. The number of ether oxygens (including phenoxy) is 3. The molecule has 0 aromatic rings. The van der Waals surface area contributed by atoms with E-state index in [1.165, 1.54) is 0 Å². The summed E-state index contributed by atoms with van der Waals surface area (Å²) in [6.45, 7) is 2.09. The number of carboxylic acid groups (broad SMARTS) is 1. The topological polar surface area (TPSA) is 91.0 Å². The molecule has 1 atom stereocenters. The Hall–Kier alpha value is -0.690. The molecule has 0 saturated carbocycles. The van der Waals surface area contributed by atoms with Crippen LogP contribution in [0.25, 0.3) is 0 Å². The van der Waals surface area contributed by atoms with E-state index in [0.717, 1.165) is 6.42 Å². The Kier molecular flexibility index (Phi) is 9.40. The maximum absolute atomic E-state index is 10.3. The third-order valence-corrected chi connectivity index (χ3v) is 1.62. The van der Waals surface area contributed by atoms with Crippen molar-refractivity contribution >= 4 is 5.97 Å². The fourth-order valence-corrected chi connectivity index (χ4v) is 0.807. The Morgan fingerprint density at radius 2 is 1.93 bits per heavy atom. The average Bonchev–Trinajstić information content (AvgIpc) is 2.21. The van der Waals surface area contributed by atoms with E-state index in [0.29, 0.717) is 26.4 Å². The van der Waals surface area contributed by atoms with Crippen molar-refractivity contribution in [3.8, 4) is 0 Å². The van der Waals surface area contributed by atoms with Crippen molar-refractivity contribution in [2.75, 3.05) is 40.1 Å². The molecule has 3 N–H and O–H groups in total. The number of hydrogen-bond donors (Lipinski definition) is 2. The van der Waals surface area contributed by atoms with Crippen LogP contribution in [0.2, 0.25) is 0 Å². The SMILES string of the molecule is COCCCOCCOCC(N)C(=O)O. The monoisotopic (exact) mass is 221 g/mol. The zero-order chi connectivity index (χ0) is 11.5. The summed E-state index contributed by atoms with van der Waals surface area (Å²) in [6.07, 6.45) is 0.838. The standard InChI is InChI=1S/C9H19NO5/c1-13-3-2-4-14-5-6-15-7-8(10)9(11)12/h8H,2-7,10H2,1H3,(H,11,12). The third kappa shape index (κ3) is 9.61. The molecule has 90 valence electrons. The van der Waals surface area contributed by atoms with Gasteiger partial charge in [-0.2, -0.15) is 0 Å². The molecule has 0 spiro atoms. The summed E-state index contributed by atoms with van der Waals surface area (Å²) in [6, 6.07) is -0.960. The first-order valence-corrected chi connectivity index (χ1v) is 4.81. The molecule has 0 bridgehead atoms. The van der Waals surface area contributed by atoms with E-state index in [1.807, 2.05) is 0 Å². The zero-order valence-electron chi connectivity index (χ0n) is 8.98. The Morgan fingerprint density at radius 3 is 2.53 bits per heavy atom. The van der Waals surface area contributed by atoms with Gasteiger partial charge in [0.15, 0.2) is 0 Å². The zero-order valence-corrected chi connectivity index (χ0v) is 8.98. The van der Waals surface area contributed by atoms with Crippen LogP contribution < -0.4 is 5.73 Å². The highest BCUT2D eigenvalue weighted by atomic mass is 16.5. The van der Waals surface area contributed by atoms with Crippen LogP contribution >= 0.6 is 0 Å². The molecular weight excluding hydrogens is 202 g/mol. The molecule has 0 aromatic heterocycles. The summed E-state index contributed by atoms with van der Waals surface area (Å²) in [5.41, 5.74) is 5.22. The highest BCUT2D eigenvalue weighted by Gasteiger charge is 2.10. The Labute approximate surface area is 89.3 Å². The fourth-order valence-electron chi connectivity index (χ4n) is 0.807. The van der Waals surface area contributed by atoms with Crippen molar-refractivity contribution in [3.63, 3.8) is 0 Å². The summed E-state index contributed by atoms with van der Waals surface area (Å²) >= 11 is 0. The summed E-state index contributed by atoms with van der Waals surface area (Å²) in [5.74, 6) is -1.06. The molecule has 0 aromatic carbocycles. The molecule has 0 aliphatic rings. The van der Waals surface area contributed by atoms with Crippen molar-refractivity contribution in [1.82, 2.24) is 0 Å². The Bertz CT molecular complexity index is 165. The maximum Gasteiger partial charge on any atom is 0.322 e. The first-order chi connectivity index (χ1) is 7.18. The molecule has 0 fully saturated rings. The van der Waals surface area contributed by atoms with E-state index in [2.05, 4.69) is 0 Å². The minimum Gasteiger partial charge on any atom is -0.480 e. The van der Waals surface area contributed by atoms with E-state index in [9.17, 15) is 4.79 Å². The van der Waals surface area contributed by atoms with Gasteiger partial charge in [-0.25, -0.2) is 0 Å².